The van der Waals surface area contributed by atoms with Crippen molar-refractivity contribution in [1.82, 2.24) is 9.88 Å². The number of anilines is 1. The van der Waals surface area contributed by atoms with Crippen LogP contribution in [-0.2, 0) is 0 Å². The topological polar surface area (TPSA) is 28.2 Å². The zero-order chi connectivity index (χ0) is 11.0. The van der Waals surface area contributed by atoms with Gasteiger partial charge in [0.25, 0.3) is 0 Å². The van der Waals surface area contributed by atoms with E-state index in [4.69, 9.17) is 11.6 Å². The molecule has 3 aliphatic rings. The van der Waals surface area contributed by atoms with Crippen LogP contribution in [0.5, 0.6) is 0 Å². The number of aromatic nitrogens is 1. The fraction of sp³-hybridized carbons (Fsp3) is 0.583. The van der Waals surface area contributed by atoms with Crippen LogP contribution < -0.4 is 5.32 Å². The van der Waals surface area contributed by atoms with Crippen LogP contribution in [0.15, 0.2) is 18.3 Å². The summed E-state index contributed by atoms with van der Waals surface area (Å²) in [6.45, 7) is 3.73. The minimum absolute atomic E-state index is 0.561. The van der Waals surface area contributed by atoms with Crippen LogP contribution in [0, 0.1) is 5.92 Å². The second-order valence-corrected chi connectivity index (χ2v) is 5.14. The molecule has 0 radical (unpaired) electrons. The van der Waals surface area contributed by atoms with E-state index in [1.54, 1.807) is 6.20 Å². The largest absolute Gasteiger partial charge is 0.381 e. The molecule has 16 heavy (non-hydrogen) atoms. The van der Waals surface area contributed by atoms with Gasteiger partial charge in [0, 0.05) is 24.5 Å². The molecule has 3 aliphatic heterocycles. The molecule has 2 bridgehead atoms. The van der Waals surface area contributed by atoms with Crippen LogP contribution in [0.3, 0.4) is 0 Å². The Balaban J connectivity index is 1.71. The molecule has 0 aliphatic carbocycles. The van der Waals surface area contributed by atoms with Crippen molar-refractivity contribution in [3.8, 4) is 0 Å². The first kappa shape index (κ1) is 10.4. The van der Waals surface area contributed by atoms with Gasteiger partial charge in [0.05, 0.1) is 0 Å². The highest BCUT2D eigenvalue weighted by molar-refractivity contribution is 6.29. The average Bonchev–Trinajstić information content (AvgIpc) is 2.30. The molecule has 3 nitrogen and oxygen atoms in total. The SMILES string of the molecule is Clc1cc(NC2CN3CCC2CC3)ccn1. The smallest absolute Gasteiger partial charge is 0.131 e. The molecule has 1 aromatic heterocycles. The Morgan fingerprint density at radius 3 is 2.81 bits per heavy atom. The van der Waals surface area contributed by atoms with E-state index < -0.39 is 0 Å². The zero-order valence-corrected chi connectivity index (χ0v) is 9.95. The van der Waals surface area contributed by atoms with Crippen molar-refractivity contribution in [2.24, 2.45) is 5.92 Å². The minimum Gasteiger partial charge on any atom is -0.381 e. The Morgan fingerprint density at radius 1 is 1.38 bits per heavy atom. The minimum atomic E-state index is 0.561. The predicted molar refractivity (Wildman–Crippen MR) is 65.8 cm³/mol. The summed E-state index contributed by atoms with van der Waals surface area (Å²) in [5.74, 6) is 0.831. The van der Waals surface area contributed by atoms with Crippen molar-refractivity contribution in [3.05, 3.63) is 23.5 Å². The standard InChI is InChI=1S/C12H16ClN3/c13-12-7-10(1-4-14-12)15-11-8-16-5-2-9(11)3-6-16/h1,4,7,9,11H,2-3,5-6,8H2,(H,14,15). The van der Waals surface area contributed by atoms with Gasteiger partial charge in [-0.2, -0.15) is 0 Å². The summed E-state index contributed by atoms with van der Waals surface area (Å²) in [5, 5.41) is 4.15. The fourth-order valence-electron chi connectivity index (χ4n) is 2.83. The number of nitrogens with one attached hydrogen (secondary N) is 1. The van der Waals surface area contributed by atoms with Crippen LogP contribution in [-0.4, -0.2) is 35.6 Å². The maximum atomic E-state index is 5.88. The van der Waals surface area contributed by atoms with Crippen molar-refractivity contribution >= 4 is 17.3 Å². The van der Waals surface area contributed by atoms with Gasteiger partial charge in [-0.05, 0) is 44.0 Å². The highest BCUT2D eigenvalue weighted by Gasteiger charge is 2.33. The van der Waals surface area contributed by atoms with E-state index in [1.165, 1.54) is 32.5 Å². The maximum absolute atomic E-state index is 5.88. The lowest BCUT2D eigenvalue weighted by Crippen LogP contribution is -2.53. The lowest BCUT2D eigenvalue weighted by atomic mass is 9.84. The molecule has 86 valence electrons. The number of hydrogen-bond donors (Lipinski definition) is 1. The Bertz CT molecular complexity index is 374. The number of hydrogen-bond acceptors (Lipinski definition) is 3. The molecule has 0 amide bonds. The molecule has 0 saturated carbocycles. The Hall–Kier alpha value is -0.800. The van der Waals surface area contributed by atoms with Gasteiger partial charge in [0.1, 0.15) is 5.15 Å². The van der Waals surface area contributed by atoms with Gasteiger partial charge in [-0.1, -0.05) is 11.6 Å². The van der Waals surface area contributed by atoms with Gasteiger partial charge in [0.2, 0.25) is 0 Å². The van der Waals surface area contributed by atoms with Crippen LogP contribution >= 0.6 is 11.6 Å². The number of nitrogens with zero attached hydrogens (tertiary/aromatic N) is 2. The lowest BCUT2D eigenvalue weighted by Gasteiger charge is -2.45. The van der Waals surface area contributed by atoms with E-state index in [0.29, 0.717) is 11.2 Å². The van der Waals surface area contributed by atoms with E-state index in [9.17, 15) is 0 Å². The highest BCUT2D eigenvalue weighted by Crippen LogP contribution is 2.29. The fourth-order valence-corrected chi connectivity index (χ4v) is 3.01. The first-order chi connectivity index (χ1) is 7.81. The lowest BCUT2D eigenvalue weighted by molar-refractivity contribution is 0.0975. The molecule has 0 aromatic carbocycles. The van der Waals surface area contributed by atoms with E-state index >= 15 is 0 Å². The summed E-state index contributed by atoms with van der Waals surface area (Å²) in [5.41, 5.74) is 1.10. The number of fused-ring (bicyclic) bond motifs is 3. The predicted octanol–water partition coefficient (Wildman–Crippen LogP) is 2.24. The van der Waals surface area contributed by atoms with Crippen LogP contribution in [0.1, 0.15) is 12.8 Å². The summed E-state index contributed by atoms with van der Waals surface area (Å²) in [4.78, 5) is 6.54. The van der Waals surface area contributed by atoms with Gasteiger partial charge in [-0.3, -0.25) is 0 Å². The molecule has 4 heteroatoms. The third-order valence-corrected chi connectivity index (χ3v) is 3.94. The van der Waals surface area contributed by atoms with Gasteiger partial charge in [-0.25, -0.2) is 4.98 Å². The van der Waals surface area contributed by atoms with Crippen LogP contribution in [0.2, 0.25) is 5.15 Å². The molecule has 0 spiro atoms. The Kier molecular flexibility index (Phi) is 2.74. The summed E-state index contributed by atoms with van der Waals surface area (Å²) in [6.07, 6.45) is 4.42. The van der Waals surface area contributed by atoms with E-state index in [-0.39, 0.29) is 0 Å². The van der Waals surface area contributed by atoms with Gasteiger partial charge < -0.3 is 10.2 Å². The second-order valence-electron chi connectivity index (χ2n) is 4.76. The Labute approximate surface area is 101 Å². The third-order valence-electron chi connectivity index (χ3n) is 3.73. The van der Waals surface area contributed by atoms with E-state index in [1.807, 2.05) is 12.1 Å². The highest BCUT2D eigenvalue weighted by atomic mass is 35.5. The summed E-state index contributed by atoms with van der Waals surface area (Å²) in [7, 11) is 0. The number of rotatable bonds is 2. The number of pyridine rings is 1. The first-order valence-electron chi connectivity index (χ1n) is 5.92. The molecule has 1 atom stereocenters. The number of halogens is 1. The van der Waals surface area contributed by atoms with Crippen molar-refractivity contribution in [2.45, 2.75) is 18.9 Å². The number of piperidine rings is 3. The first-order valence-corrected chi connectivity index (χ1v) is 6.29. The third kappa shape index (κ3) is 2.02. The monoisotopic (exact) mass is 237 g/mol. The molecule has 3 saturated heterocycles. The van der Waals surface area contributed by atoms with Crippen molar-refractivity contribution < 1.29 is 0 Å². The van der Waals surface area contributed by atoms with Gasteiger partial charge >= 0.3 is 0 Å². The Morgan fingerprint density at radius 2 is 2.19 bits per heavy atom. The molecule has 1 aromatic rings. The summed E-state index contributed by atoms with van der Waals surface area (Å²) >= 11 is 5.88. The van der Waals surface area contributed by atoms with Crippen LogP contribution in [0.4, 0.5) is 5.69 Å². The van der Waals surface area contributed by atoms with Gasteiger partial charge in [-0.15, -0.1) is 0 Å². The second kappa shape index (κ2) is 4.22. The molecule has 1 N–H and O–H groups in total. The average molecular weight is 238 g/mol. The summed E-state index contributed by atoms with van der Waals surface area (Å²) < 4.78 is 0. The molecule has 3 fully saturated rings. The zero-order valence-electron chi connectivity index (χ0n) is 9.19. The van der Waals surface area contributed by atoms with Crippen molar-refractivity contribution in [1.29, 1.82) is 0 Å². The summed E-state index contributed by atoms with van der Waals surface area (Å²) in [6, 6.07) is 4.48. The van der Waals surface area contributed by atoms with Crippen molar-refractivity contribution in [2.75, 3.05) is 25.0 Å². The van der Waals surface area contributed by atoms with E-state index in [0.717, 1.165) is 11.6 Å². The van der Waals surface area contributed by atoms with E-state index in [2.05, 4.69) is 15.2 Å². The molecule has 4 rings (SSSR count). The molecule has 1 unspecified atom stereocenters. The van der Waals surface area contributed by atoms with Crippen LogP contribution in [0.25, 0.3) is 0 Å². The molecular weight excluding hydrogens is 222 g/mol. The molecular formula is C12H16ClN3. The normalized spacial score (nSPS) is 32.7. The van der Waals surface area contributed by atoms with Crippen molar-refractivity contribution in [3.63, 3.8) is 0 Å². The quantitative estimate of drug-likeness (QED) is 0.800. The maximum Gasteiger partial charge on any atom is 0.131 e. The molecule has 4 heterocycles. The van der Waals surface area contributed by atoms with Gasteiger partial charge in [0.15, 0.2) is 0 Å².